The number of hydrogen-bond acceptors (Lipinski definition) is 2. The van der Waals surface area contributed by atoms with Gasteiger partial charge in [-0.25, -0.2) is 0 Å². The molecule has 0 saturated heterocycles. The summed E-state index contributed by atoms with van der Waals surface area (Å²) in [6, 6.07) is 0. The zero-order valence-electron chi connectivity index (χ0n) is 22.4. The molecule has 4 aliphatic carbocycles. The van der Waals surface area contributed by atoms with E-state index in [0.29, 0.717) is 30.6 Å². The van der Waals surface area contributed by atoms with Crippen molar-refractivity contribution in [1.82, 2.24) is 0 Å². The zero-order valence-corrected chi connectivity index (χ0v) is 22.4. The van der Waals surface area contributed by atoms with Crippen LogP contribution in [-0.2, 0) is 9.59 Å². The van der Waals surface area contributed by atoms with E-state index in [1.165, 1.54) is 5.57 Å². The molecular weight excluding hydrogens is 404 g/mol. The monoisotopic (exact) mass is 450 g/mol. The maximum atomic E-state index is 14.0. The Morgan fingerprint density at radius 2 is 1.73 bits per heavy atom. The summed E-state index contributed by atoms with van der Waals surface area (Å²) < 4.78 is 0. The summed E-state index contributed by atoms with van der Waals surface area (Å²) in [6.45, 7) is 22.5. The van der Waals surface area contributed by atoms with Crippen LogP contribution in [0.2, 0.25) is 0 Å². The first-order valence-corrected chi connectivity index (χ1v) is 13.4. The Bertz CT molecular complexity index is 946. The van der Waals surface area contributed by atoms with E-state index in [1.807, 2.05) is 0 Å². The van der Waals surface area contributed by atoms with E-state index in [9.17, 15) is 9.59 Å². The standard InChI is InChI=1S/C31H46O2/c1-19(2)20(3)11-12-21(4)22-13-16-30(8)27-23(32)17-25-28(5,6)14-10-15-29(25,7)26(27)24(33)18-31(22,30)9/h10,14,19,21-22,25H,3,11-13,15-18H2,1-2,4-9H3/t21-,22-,25-,29-,30+,31-/m0/s1. The van der Waals surface area contributed by atoms with Gasteiger partial charge >= 0.3 is 0 Å². The summed E-state index contributed by atoms with van der Waals surface area (Å²) in [5.41, 5.74) is 2.57. The predicted molar refractivity (Wildman–Crippen MR) is 137 cm³/mol. The highest BCUT2D eigenvalue weighted by molar-refractivity contribution is 6.11. The van der Waals surface area contributed by atoms with E-state index >= 15 is 0 Å². The number of carbonyl (C=O) groups is 2. The first kappa shape index (κ1) is 24.7. The second kappa shape index (κ2) is 7.79. The summed E-state index contributed by atoms with van der Waals surface area (Å²) in [4.78, 5) is 27.9. The minimum absolute atomic E-state index is 0.0609. The number of fused-ring (bicyclic) bond motifs is 4. The maximum absolute atomic E-state index is 14.0. The van der Waals surface area contributed by atoms with Crippen LogP contribution in [0.1, 0.15) is 100 Å². The van der Waals surface area contributed by atoms with Crippen molar-refractivity contribution in [3.8, 4) is 0 Å². The third kappa shape index (κ3) is 3.41. The molecule has 0 N–H and O–H groups in total. The van der Waals surface area contributed by atoms with Gasteiger partial charge in [-0.1, -0.05) is 79.7 Å². The minimum Gasteiger partial charge on any atom is -0.295 e. The number of Topliss-reactive ketones (excluding diaryl/α,β-unsaturated/α-hetero) is 2. The molecule has 0 heterocycles. The SMILES string of the molecule is C=C(CC[C@H](C)[C@@H]1CC[C@]2(C)C3=C(C(=O)C[C@@]12C)[C@@]1(C)CC=CC(C)(C)[C@@H]1CC3=O)C(C)C. The van der Waals surface area contributed by atoms with Crippen LogP contribution in [0.5, 0.6) is 0 Å². The third-order valence-electron chi connectivity index (χ3n) is 11.1. The van der Waals surface area contributed by atoms with Crippen molar-refractivity contribution in [2.45, 2.75) is 100 Å². The molecule has 0 aromatic heterocycles. The summed E-state index contributed by atoms with van der Waals surface area (Å²) in [7, 11) is 0. The van der Waals surface area contributed by atoms with Crippen LogP contribution < -0.4 is 0 Å². The first-order valence-electron chi connectivity index (χ1n) is 13.4. The van der Waals surface area contributed by atoms with E-state index in [1.54, 1.807) is 0 Å². The molecule has 6 atom stereocenters. The van der Waals surface area contributed by atoms with Crippen molar-refractivity contribution in [1.29, 1.82) is 0 Å². The quantitative estimate of drug-likeness (QED) is 0.399. The zero-order chi connectivity index (χ0) is 24.6. The molecular formula is C31H46O2. The van der Waals surface area contributed by atoms with Crippen LogP contribution in [-0.4, -0.2) is 11.6 Å². The topological polar surface area (TPSA) is 34.1 Å². The Morgan fingerprint density at radius 1 is 1.06 bits per heavy atom. The summed E-state index contributed by atoms with van der Waals surface area (Å²) >= 11 is 0. The van der Waals surface area contributed by atoms with Crippen molar-refractivity contribution in [2.24, 2.45) is 45.3 Å². The van der Waals surface area contributed by atoms with Gasteiger partial charge in [-0.2, -0.15) is 0 Å². The molecule has 1 fully saturated rings. The van der Waals surface area contributed by atoms with Crippen LogP contribution in [0.25, 0.3) is 0 Å². The van der Waals surface area contributed by atoms with Gasteiger partial charge in [0.15, 0.2) is 11.6 Å². The second-order valence-electron chi connectivity index (χ2n) is 13.6. The Balaban J connectivity index is 1.74. The van der Waals surface area contributed by atoms with Crippen molar-refractivity contribution in [2.75, 3.05) is 0 Å². The maximum Gasteiger partial charge on any atom is 0.160 e. The number of rotatable bonds is 5. The lowest BCUT2D eigenvalue weighted by Crippen LogP contribution is -2.55. The molecule has 182 valence electrons. The number of hydrogen-bond donors (Lipinski definition) is 0. The molecule has 0 unspecified atom stereocenters. The van der Waals surface area contributed by atoms with E-state index in [-0.39, 0.29) is 39.1 Å². The molecule has 2 nitrogen and oxygen atoms in total. The molecule has 4 aliphatic rings. The van der Waals surface area contributed by atoms with Crippen molar-refractivity contribution >= 4 is 11.6 Å². The summed E-state index contributed by atoms with van der Waals surface area (Å²) in [6.07, 6.45) is 10.9. The lowest BCUT2D eigenvalue weighted by atomic mass is 9.44. The second-order valence-corrected chi connectivity index (χ2v) is 13.6. The molecule has 0 aromatic carbocycles. The Kier molecular flexibility index (Phi) is 5.82. The van der Waals surface area contributed by atoms with Crippen LogP contribution in [0, 0.1) is 45.3 Å². The first-order chi connectivity index (χ1) is 15.2. The average molecular weight is 451 g/mol. The molecule has 4 rings (SSSR count). The molecule has 0 bridgehead atoms. The highest BCUT2D eigenvalue weighted by Gasteiger charge is 2.66. The molecule has 0 spiro atoms. The molecule has 0 aromatic rings. The fourth-order valence-electron chi connectivity index (χ4n) is 8.64. The van der Waals surface area contributed by atoms with E-state index in [0.717, 1.165) is 43.3 Å². The highest BCUT2D eigenvalue weighted by Crippen LogP contribution is 2.70. The van der Waals surface area contributed by atoms with Gasteiger partial charge in [0.05, 0.1) is 0 Å². The lowest BCUT2D eigenvalue weighted by Gasteiger charge is -2.58. The van der Waals surface area contributed by atoms with Gasteiger partial charge < -0.3 is 0 Å². The van der Waals surface area contributed by atoms with E-state index < -0.39 is 0 Å². The lowest BCUT2D eigenvalue weighted by molar-refractivity contribution is -0.132. The minimum atomic E-state index is -0.221. The summed E-state index contributed by atoms with van der Waals surface area (Å²) in [5, 5.41) is 0. The fourth-order valence-corrected chi connectivity index (χ4v) is 8.64. The van der Waals surface area contributed by atoms with Gasteiger partial charge in [-0.05, 0) is 66.6 Å². The molecule has 0 radical (unpaired) electrons. The summed E-state index contributed by atoms with van der Waals surface area (Å²) in [5.74, 6) is 2.26. The smallest absolute Gasteiger partial charge is 0.160 e. The van der Waals surface area contributed by atoms with Crippen LogP contribution in [0.15, 0.2) is 35.5 Å². The van der Waals surface area contributed by atoms with Gasteiger partial charge in [-0.3, -0.25) is 9.59 Å². The molecule has 1 saturated carbocycles. The molecule has 2 heteroatoms. The van der Waals surface area contributed by atoms with Crippen LogP contribution in [0.4, 0.5) is 0 Å². The molecule has 33 heavy (non-hydrogen) atoms. The van der Waals surface area contributed by atoms with Gasteiger partial charge in [0.2, 0.25) is 0 Å². The van der Waals surface area contributed by atoms with Crippen molar-refractivity contribution in [3.05, 3.63) is 35.5 Å². The van der Waals surface area contributed by atoms with E-state index in [2.05, 4.69) is 74.1 Å². The van der Waals surface area contributed by atoms with Crippen molar-refractivity contribution in [3.63, 3.8) is 0 Å². The van der Waals surface area contributed by atoms with Gasteiger partial charge in [0.1, 0.15) is 0 Å². The normalized spacial score (nSPS) is 40.5. The number of allylic oxidation sites excluding steroid dienone is 5. The Labute approximate surface area is 202 Å². The fraction of sp³-hybridized carbons (Fsp3) is 0.742. The third-order valence-corrected chi connectivity index (χ3v) is 11.1. The van der Waals surface area contributed by atoms with Crippen LogP contribution >= 0.6 is 0 Å². The highest BCUT2D eigenvalue weighted by atomic mass is 16.1. The largest absolute Gasteiger partial charge is 0.295 e. The Morgan fingerprint density at radius 3 is 2.36 bits per heavy atom. The van der Waals surface area contributed by atoms with Gasteiger partial charge in [-0.15, -0.1) is 0 Å². The van der Waals surface area contributed by atoms with E-state index in [4.69, 9.17) is 0 Å². The number of ketones is 2. The molecule has 0 aliphatic heterocycles. The predicted octanol–water partition coefficient (Wildman–Crippen LogP) is 7.89. The number of carbonyl (C=O) groups excluding carboxylic acids is 2. The Hall–Kier alpha value is -1.44. The van der Waals surface area contributed by atoms with Crippen LogP contribution in [0.3, 0.4) is 0 Å². The van der Waals surface area contributed by atoms with Gasteiger partial charge in [0, 0.05) is 34.8 Å². The van der Waals surface area contributed by atoms with Gasteiger partial charge in [0.25, 0.3) is 0 Å². The average Bonchev–Trinajstić information content (AvgIpc) is 2.97. The van der Waals surface area contributed by atoms with Crippen molar-refractivity contribution < 1.29 is 9.59 Å². The molecule has 0 amide bonds.